The summed E-state index contributed by atoms with van der Waals surface area (Å²) in [5.41, 5.74) is -0.0467. The number of benzene rings is 1. The first-order valence-electron chi connectivity index (χ1n) is 8.62. The Morgan fingerprint density at radius 3 is 2.29 bits per heavy atom. The van der Waals surface area contributed by atoms with Crippen LogP contribution in [0.2, 0.25) is 0 Å². The number of carbonyl (C=O) groups is 2. The van der Waals surface area contributed by atoms with Crippen LogP contribution in [0.15, 0.2) is 24.3 Å². The Hall–Kier alpha value is -2.04. The normalized spacial score (nSPS) is 11.0. The maximum absolute atomic E-state index is 12.3. The molecule has 5 nitrogen and oxygen atoms in total. The molecular formula is C19H30N2O3. The molecule has 0 radical (unpaired) electrons. The molecule has 0 saturated carbocycles. The molecule has 1 rings (SSSR count). The lowest BCUT2D eigenvalue weighted by atomic mass is 9.91. The summed E-state index contributed by atoms with van der Waals surface area (Å²) in [7, 11) is 1.63. The second-order valence-electron chi connectivity index (χ2n) is 6.41. The van der Waals surface area contributed by atoms with Crippen molar-refractivity contribution in [3.05, 3.63) is 29.8 Å². The van der Waals surface area contributed by atoms with Crippen LogP contribution in [-0.2, 0) is 16.0 Å². The average molecular weight is 334 g/mol. The van der Waals surface area contributed by atoms with Crippen LogP contribution in [-0.4, -0.2) is 32.0 Å². The number of rotatable bonds is 10. The van der Waals surface area contributed by atoms with Crippen molar-refractivity contribution in [3.63, 3.8) is 0 Å². The number of carbonyl (C=O) groups excluding carboxylic acids is 2. The lowest BCUT2D eigenvalue weighted by Gasteiger charge is -2.23. The van der Waals surface area contributed by atoms with Gasteiger partial charge in [0, 0.05) is 13.1 Å². The molecule has 2 amide bonds. The van der Waals surface area contributed by atoms with Crippen molar-refractivity contribution in [2.75, 3.05) is 20.2 Å². The van der Waals surface area contributed by atoms with E-state index in [1.54, 1.807) is 21.0 Å². The van der Waals surface area contributed by atoms with E-state index in [0.717, 1.165) is 30.6 Å². The van der Waals surface area contributed by atoms with Crippen molar-refractivity contribution in [2.24, 2.45) is 5.41 Å². The van der Waals surface area contributed by atoms with Gasteiger partial charge in [0.1, 0.15) is 11.2 Å². The summed E-state index contributed by atoms with van der Waals surface area (Å²) in [6.45, 7) is 6.50. The molecule has 0 atom stereocenters. The first-order chi connectivity index (χ1) is 11.4. The van der Waals surface area contributed by atoms with Gasteiger partial charge in [-0.2, -0.15) is 0 Å². The molecule has 0 heterocycles. The van der Waals surface area contributed by atoms with E-state index in [1.807, 2.05) is 24.3 Å². The molecule has 5 heteroatoms. The van der Waals surface area contributed by atoms with Gasteiger partial charge in [-0.05, 0) is 38.3 Å². The van der Waals surface area contributed by atoms with Crippen molar-refractivity contribution in [1.29, 1.82) is 0 Å². The summed E-state index contributed by atoms with van der Waals surface area (Å²) in [6, 6.07) is 7.71. The van der Waals surface area contributed by atoms with Gasteiger partial charge in [-0.15, -0.1) is 0 Å². The van der Waals surface area contributed by atoms with E-state index in [0.29, 0.717) is 19.5 Å². The van der Waals surface area contributed by atoms with Crippen LogP contribution >= 0.6 is 0 Å². The average Bonchev–Trinajstić information content (AvgIpc) is 2.58. The largest absolute Gasteiger partial charge is 0.496 e. The highest BCUT2D eigenvalue weighted by molar-refractivity contribution is 6.04. The zero-order valence-electron chi connectivity index (χ0n) is 15.3. The van der Waals surface area contributed by atoms with Crippen molar-refractivity contribution >= 4 is 11.8 Å². The first-order valence-corrected chi connectivity index (χ1v) is 8.62. The van der Waals surface area contributed by atoms with E-state index < -0.39 is 5.41 Å². The Morgan fingerprint density at radius 1 is 1.04 bits per heavy atom. The van der Waals surface area contributed by atoms with E-state index in [2.05, 4.69) is 17.6 Å². The van der Waals surface area contributed by atoms with Gasteiger partial charge in [0.15, 0.2) is 0 Å². The Kier molecular flexibility index (Phi) is 8.30. The second-order valence-corrected chi connectivity index (χ2v) is 6.41. The van der Waals surface area contributed by atoms with Gasteiger partial charge >= 0.3 is 0 Å². The van der Waals surface area contributed by atoms with Gasteiger partial charge in [-0.1, -0.05) is 38.0 Å². The SMILES string of the molecule is CCCCCNC(=O)C(C)(C)C(=O)NCCc1ccccc1OC. The molecule has 0 unspecified atom stereocenters. The Balaban J connectivity index is 2.46. The minimum Gasteiger partial charge on any atom is -0.496 e. The zero-order valence-corrected chi connectivity index (χ0v) is 15.3. The highest BCUT2D eigenvalue weighted by Gasteiger charge is 2.35. The number of hydrogen-bond donors (Lipinski definition) is 2. The highest BCUT2D eigenvalue weighted by atomic mass is 16.5. The van der Waals surface area contributed by atoms with Crippen molar-refractivity contribution in [3.8, 4) is 5.75 Å². The summed E-state index contributed by atoms with van der Waals surface area (Å²) >= 11 is 0. The molecule has 0 aromatic heterocycles. The van der Waals surface area contributed by atoms with E-state index in [9.17, 15) is 9.59 Å². The topological polar surface area (TPSA) is 67.4 Å². The second kappa shape index (κ2) is 9.96. The number of methoxy groups -OCH3 is 1. The maximum atomic E-state index is 12.3. The third kappa shape index (κ3) is 5.87. The van der Waals surface area contributed by atoms with Crippen LogP contribution in [0.3, 0.4) is 0 Å². The maximum Gasteiger partial charge on any atom is 0.235 e. The molecule has 2 N–H and O–H groups in total. The fourth-order valence-electron chi connectivity index (χ4n) is 2.34. The lowest BCUT2D eigenvalue weighted by molar-refractivity contribution is -0.141. The fraction of sp³-hybridized carbons (Fsp3) is 0.579. The molecule has 24 heavy (non-hydrogen) atoms. The number of hydrogen-bond acceptors (Lipinski definition) is 3. The summed E-state index contributed by atoms with van der Waals surface area (Å²) in [6.07, 6.45) is 3.77. The van der Waals surface area contributed by atoms with E-state index >= 15 is 0 Å². The van der Waals surface area contributed by atoms with E-state index in [4.69, 9.17) is 4.74 Å². The molecular weight excluding hydrogens is 304 g/mol. The third-order valence-corrected chi connectivity index (χ3v) is 4.07. The minimum atomic E-state index is -1.08. The zero-order chi connectivity index (χ0) is 18.0. The predicted octanol–water partition coefficient (Wildman–Crippen LogP) is 2.69. The van der Waals surface area contributed by atoms with Crippen molar-refractivity contribution < 1.29 is 14.3 Å². The van der Waals surface area contributed by atoms with Crippen LogP contribution in [0.4, 0.5) is 0 Å². The number of ether oxygens (including phenoxy) is 1. The summed E-state index contributed by atoms with van der Waals surface area (Å²) in [5.74, 6) is 0.318. The van der Waals surface area contributed by atoms with E-state index in [-0.39, 0.29) is 11.8 Å². The number of nitrogens with one attached hydrogen (secondary N) is 2. The molecule has 0 aliphatic rings. The molecule has 0 spiro atoms. The van der Waals surface area contributed by atoms with Crippen molar-refractivity contribution in [2.45, 2.75) is 46.5 Å². The molecule has 134 valence electrons. The number of unbranched alkanes of at least 4 members (excludes halogenated alkanes) is 2. The number of para-hydroxylation sites is 1. The standard InChI is InChI=1S/C19H30N2O3/c1-5-6-9-13-20-17(22)19(2,3)18(23)21-14-12-15-10-7-8-11-16(15)24-4/h7-8,10-11H,5-6,9,12-14H2,1-4H3,(H,20,22)(H,21,23). The highest BCUT2D eigenvalue weighted by Crippen LogP contribution is 2.18. The minimum absolute atomic E-state index is 0.228. The quantitative estimate of drug-likeness (QED) is 0.511. The van der Waals surface area contributed by atoms with Crippen LogP contribution < -0.4 is 15.4 Å². The van der Waals surface area contributed by atoms with Crippen LogP contribution in [0.25, 0.3) is 0 Å². The van der Waals surface area contributed by atoms with Gasteiger partial charge in [-0.25, -0.2) is 0 Å². The Bertz CT molecular complexity index is 541. The Morgan fingerprint density at radius 2 is 1.67 bits per heavy atom. The summed E-state index contributed by atoms with van der Waals surface area (Å²) in [5, 5.41) is 5.70. The van der Waals surface area contributed by atoms with Crippen LogP contribution in [0.1, 0.15) is 45.6 Å². The van der Waals surface area contributed by atoms with Crippen LogP contribution in [0.5, 0.6) is 5.75 Å². The smallest absolute Gasteiger partial charge is 0.235 e. The molecule has 1 aromatic rings. The van der Waals surface area contributed by atoms with Gasteiger partial charge in [0.05, 0.1) is 7.11 Å². The summed E-state index contributed by atoms with van der Waals surface area (Å²) in [4.78, 5) is 24.5. The molecule has 0 aliphatic heterocycles. The fourth-order valence-corrected chi connectivity index (χ4v) is 2.34. The molecule has 0 saturated heterocycles. The van der Waals surface area contributed by atoms with Crippen molar-refractivity contribution in [1.82, 2.24) is 10.6 Å². The third-order valence-electron chi connectivity index (χ3n) is 4.07. The molecule has 1 aromatic carbocycles. The predicted molar refractivity (Wildman–Crippen MR) is 96.0 cm³/mol. The first kappa shape index (κ1) is 20.0. The lowest BCUT2D eigenvalue weighted by Crippen LogP contribution is -2.48. The van der Waals surface area contributed by atoms with Gasteiger partial charge < -0.3 is 15.4 Å². The van der Waals surface area contributed by atoms with Crippen LogP contribution in [0, 0.1) is 5.41 Å². The van der Waals surface area contributed by atoms with E-state index in [1.165, 1.54) is 0 Å². The van der Waals surface area contributed by atoms with Gasteiger partial charge in [0.25, 0.3) is 0 Å². The van der Waals surface area contributed by atoms with Gasteiger partial charge in [-0.3, -0.25) is 9.59 Å². The molecule has 0 aliphatic carbocycles. The molecule has 0 bridgehead atoms. The van der Waals surface area contributed by atoms with Gasteiger partial charge in [0.2, 0.25) is 11.8 Å². The Labute approximate surface area is 145 Å². The number of amides is 2. The molecule has 0 fully saturated rings. The summed E-state index contributed by atoms with van der Waals surface area (Å²) < 4.78 is 5.30. The monoisotopic (exact) mass is 334 g/mol.